The minimum atomic E-state index is -5.08. The van der Waals surface area contributed by atoms with E-state index in [1.165, 1.54) is 12.1 Å². The van der Waals surface area contributed by atoms with Crippen LogP contribution >= 0.6 is 0 Å². The van der Waals surface area contributed by atoms with E-state index in [9.17, 15) is 31.6 Å². The van der Waals surface area contributed by atoms with Gasteiger partial charge in [0.15, 0.2) is 0 Å². The molecule has 56 heavy (non-hydrogen) atoms. The van der Waals surface area contributed by atoms with Crippen LogP contribution in [0.3, 0.4) is 0 Å². The maximum Gasteiger partial charge on any atom is 0.417 e. The third-order valence-electron chi connectivity index (χ3n) is 10.5. The van der Waals surface area contributed by atoms with Crippen LogP contribution in [0.4, 0.5) is 26.3 Å². The topological polar surface area (TPSA) is 33.6 Å². The molecule has 9 aromatic rings. The quantitative estimate of drug-likeness (QED) is 0.165. The first kappa shape index (κ1) is 34.9. The molecule has 274 valence electrons. The Morgan fingerprint density at radius 1 is 0.464 bits per heavy atom. The third kappa shape index (κ3) is 5.51. The van der Waals surface area contributed by atoms with E-state index < -0.39 is 29.0 Å². The van der Waals surface area contributed by atoms with E-state index in [0.29, 0.717) is 40.2 Å². The van der Waals surface area contributed by atoms with E-state index >= 15 is 0 Å². The summed E-state index contributed by atoms with van der Waals surface area (Å²) in [4.78, 5) is 0. The van der Waals surface area contributed by atoms with Gasteiger partial charge >= 0.3 is 12.4 Å². The summed E-state index contributed by atoms with van der Waals surface area (Å²) in [6.45, 7) is 3.98. The highest BCUT2D eigenvalue weighted by molar-refractivity contribution is 6.12. The Bertz CT molecular complexity index is 3070. The lowest BCUT2D eigenvalue weighted by molar-refractivity contribution is -0.142. The molecule has 2 heterocycles. The van der Waals surface area contributed by atoms with E-state index in [2.05, 4.69) is 18.2 Å². The normalized spacial score (nSPS) is 12.3. The first-order valence-electron chi connectivity index (χ1n) is 17.8. The van der Waals surface area contributed by atoms with Crippen LogP contribution in [0.2, 0.25) is 0 Å². The number of benzene rings is 7. The van der Waals surface area contributed by atoms with Crippen molar-refractivity contribution in [3.8, 4) is 39.7 Å². The minimum Gasteiger partial charge on any atom is -0.309 e. The lowest BCUT2D eigenvalue weighted by Crippen LogP contribution is -2.14. The van der Waals surface area contributed by atoms with Crippen molar-refractivity contribution in [1.29, 1.82) is 5.26 Å². The molecule has 7 aromatic carbocycles. The molecule has 0 aliphatic carbocycles. The molecular formula is C47H29F6N3. The number of fused-ring (bicyclic) bond motifs is 6. The van der Waals surface area contributed by atoms with Gasteiger partial charge in [0.05, 0.1) is 56.2 Å². The SMILES string of the molecule is Cc1ccc2c(c1)c1ccccc1n2-c1ccc(-c2c(C(F)(F)F)cccc2C(F)(F)F)cc1-c1ccc(C#N)cc1-n1c2ccccc2c2cc(C)ccc21. The van der Waals surface area contributed by atoms with Crippen molar-refractivity contribution in [2.75, 3.05) is 0 Å². The molecule has 0 fully saturated rings. The lowest BCUT2D eigenvalue weighted by Gasteiger charge is -2.22. The summed E-state index contributed by atoms with van der Waals surface area (Å²) in [6, 6.07) is 41.4. The second-order valence-electron chi connectivity index (χ2n) is 14.0. The predicted molar refractivity (Wildman–Crippen MR) is 210 cm³/mol. The molecule has 2 aromatic heterocycles. The van der Waals surface area contributed by atoms with Crippen LogP contribution in [-0.4, -0.2) is 9.13 Å². The summed E-state index contributed by atoms with van der Waals surface area (Å²) in [5.41, 5.74) is 3.57. The molecule has 0 radical (unpaired) electrons. The van der Waals surface area contributed by atoms with Crippen molar-refractivity contribution in [3.05, 3.63) is 167 Å². The Morgan fingerprint density at radius 3 is 1.52 bits per heavy atom. The van der Waals surface area contributed by atoms with E-state index in [-0.39, 0.29) is 5.56 Å². The fraction of sp³-hybridized carbons (Fsp3) is 0.0851. The second-order valence-corrected chi connectivity index (χ2v) is 14.0. The van der Waals surface area contributed by atoms with Crippen LogP contribution in [0, 0.1) is 25.2 Å². The molecule has 3 nitrogen and oxygen atoms in total. The summed E-state index contributed by atoms with van der Waals surface area (Å²) < 4.78 is 92.0. The van der Waals surface area contributed by atoms with Crippen LogP contribution in [0.1, 0.15) is 27.8 Å². The number of halogens is 6. The molecule has 0 atom stereocenters. The smallest absolute Gasteiger partial charge is 0.309 e. The molecule has 9 rings (SSSR count). The largest absolute Gasteiger partial charge is 0.417 e. The van der Waals surface area contributed by atoms with Crippen LogP contribution in [0.5, 0.6) is 0 Å². The molecule has 0 N–H and O–H groups in total. The van der Waals surface area contributed by atoms with Gasteiger partial charge in [-0.15, -0.1) is 0 Å². The van der Waals surface area contributed by atoms with Crippen molar-refractivity contribution in [3.63, 3.8) is 0 Å². The number of aryl methyl sites for hydroxylation is 2. The monoisotopic (exact) mass is 749 g/mol. The third-order valence-corrected chi connectivity index (χ3v) is 10.5. The summed E-state index contributed by atoms with van der Waals surface area (Å²) in [6.07, 6.45) is -10.2. The highest BCUT2D eigenvalue weighted by atomic mass is 19.4. The fourth-order valence-corrected chi connectivity index (χ4v) is 8.14. The van der Waals surface area contributed by atoms with Crippen LogP contribution in [-0.2, 0) is 12.4 Å². The van der Waals surface area contributed by atoms with Gasteiger partial charge in [-0.1, -0.05) is 77.9 Å². The van der Waals surface area contributed by atoms with Gasteiger partial charge in [-0.05, 0) is 92.2 Å². The summed E-state index contributed by atoms with van der Waals surface area (Å²) in [7, 11) is 0. The number of para-hydroxylation sites is 2. The summed E-state index contributed by atoms with van der Waals surface area (Å²) in [5, 5.41) is 13.9. The zero-order valence-electron chi connectivity index (χ0n) is 29.9. The maximum atomic E-state index is 14.7. The molecule has 0 unspecified atom stereocenters. The van der Waals surface area contributed by atoms with E-state index in [4.69, 9.17) is 0 Å². The Balaban J connectivity index is 1.46. The second kappa shape index (κ2) is 12.6. The summed E-state index contributed by atoms with van der Waals surface area (Å²) in [5.74, 6) is 0. The number of nitriles is 1. The van der Waals surface area contributed by atoms with E-state index in [0.717, 1.165) is 60.8 Å². The Kier molecular flexibility index (Phi) is 7.89. The number of rotatable bonds is 4. The molecule has 0 aliphatic rings. The average molecular weight is 750 g/mol. The van der Waals surface area contributed by atoms with Crippen molar-refractivity contribution in [1.82, 2.24) is 9.13 Å². The molecule has 9 heteroatoms. The van der Waals surface area contributed by atoms with Crippen molar-refractivity contribution in [2.24, 2.45) is 0 Å². The number of hydrogen-bond acceptors (Lipinski definition) is 1. The zero-order valence-corrected chi connectivity index (χ0v) is 29.9. The van der Waals surface area contributed by atoms with Gasteiger partial charge in [-0.3, -0.25) is 0 Å². The van der Waals surface area contributed by atoms with Crippen molar-refractivity contribution < 1.29 is 26.3 Å². The van der Waals surface area contributed by atoms with Gasteiger partial charge < -0.3 is 9.13 Å². The van der Waals surface area contributed by atoms with Gasteiger partial charge in [0.1, 0.15) is 0 Å². The zero-order chi connectivity index (χ0) is 39.1. The van der Waals surface area contributed by atoms with Gasteiger partial charge in [-0.2, -0.15) is 31.6 Å². The Morgan fingerprint density at radius 2 is 0.982 bits per heavy atom. The Labute approximate surface area is 316 Å². The average Bonchev–Trinajstić information content (AvgIpc) is 3.68. The molecule has 0 spiro atoms. The van der Waals surface area contributed by atoms with Gasteiger partial charge in [0.25, 0.3) is 0 Å². The van der Waals surface area contributed by atoms with Gasteiger partial charge in [0, 0.05) is 38.2 Å². The Hall–Kier alpha value is -6.79. The molecular weight excluding hydrogens is 721 g/mol. The van der Waals surface area contributed by atoms with E-state index in [1.807, 2.05) is 95.8 Å². The molecule has 0 saturated heterocycles. The summed E-state index contributed by atoms with van der Waals surface area (Å²) >= 11 is 0. The predicted octanol–water partition coefficient (Wildman–Crippen LogP) is 13.7. The van der Waals surface area contributed by atoms with Gasteiger partial charge in [0.2, 0.25) is 0 Å². The maximum absolute atomic E-state index is 14.7. The minimum absolute atomic E-state index is 0.256. The van der Waals surface area contributed by atoms with Crippen molar-refractivity contribution in [2.45, 2.75) is 26.2 Å². The number of aromatic nitrogens is 2. The molecule has 0 amide bonds. The molecule has 0 bridgehead atoms. The highest BCUT2D eigenvalue weighted by Gasteiger charge is 2.41. The highest BCUT2D eigenvalue weighted by Crippen LogP contribution is 2.48. The fourth-order valence-electron chi connectivity index (χ4n) is 8.14. The standard InChI is InChI=1S/C47H29F6N3/c1-27-14-19-41-34(22-27)31-8-3-5-12-39(31)55(41)43-21-17-30(45-37(46(48,49)50)10-7-11-38(45)47(51,52)53)25-36(43)33-18-16-29(26-54)24-44(33)56-40-13-6-4-9-32(40)35-23-28(2)15-20-42(35)56/h3-25H,1-2H3. The molecule has 0 aliphatic heterocycles. The number of hydrogen-bond donors (Lipinski definition) is 0. The van der Waals surface area contributed by atoms with Gasteiger partial charge in [-0.25, -0.2) is 0 Å². The number of nitrogens with zero attached hydrogens (tertiary/aromatic N) is 3. The van der Waals surface area contributed by atoms with Crippen LogP contribution in [0.25, 0.3) is 77.2 Å². The number of alkyl halides is 6. The van der Waals surface area contributed by atoms with Crippen LogP contribution in [0.15, 0.2) is 140 Å². The lowest BCUT2D eigenvalue weighted by atomic mass is 9.90. The van der Waals surface area contributed by atoms with Crippen LogP contribution < -0.4 is 0 Å². The van der Waals surface area contributed by atoms with E-state index in [1.54, 1.807) is 24.3 Å². The first-order chi connectivity index (χ1) is 26.8. The first-order valence-corrected chi connectivity index (χ1v) is 17.8. The molecule has 0 saturated carbocycles. The van der Waals surface area contributed by atoms with Crippen molar-refractivity contribution >= 4 is 43.6 Å².